The summed E-state index contributed by atoms with van der Waals surface area (Å²) in [6, 6.07) is 28.9. The van der Waals surface area contributed by atoms with Crippen molar-refractivity contribution >= 4 is 37.7 Å². The second-order valence-corrected chi connectivity index (χ2v) is 8.61. The van der Waals surface area contributed by atoms with Crippen LogP contribution in [-0.4, -0.2) is 19.9 Å². The highest BCUT2D eigenvalue weighted by atomic mass is 79.9. The predicted octanol–water partition coefficient (Wildman–Crippen LogP) is 7.34. The Kier molecular flexibility index (Phi) is 4.89. The lowest BCUT2D eigenvalue weighted by atomic mass is 10.0. The minimum atomic E-state index is 0.732. The van der Waals surface area contributed by atoms with Crippen molar-refractivity contribution in [2.45, 2.75) is 0 Å². The van der Waals surface area contributed by atoms with Gasteiger partial charge in [-0.05, 0) is 35.4 Å². The average molecular weight is 489 g/mol. The third-order valence-electron chi connectivity index (χ3n) is 5.72. The summed E-state index contributed by atoms with van der Waals surface area (Å²) in [6.07, 6.45) is 5.33. The molecule has 0 aliphatic carbocycles. The fourth-order valence-electron chi connectivity index (χ4n) is 4.03. The Morgan fingerprint density at radius 3 is 1.91 bits per heavy atom. The monoisotopic (exact) mass is 488 g/mol. The topological polar surface area (TPSA) is 51.6 Å². The zero-order chi connectivity index (χ0) is 22.2. The summed E-state index contributed by atoms with van der Waals surface area (Å²) in [5, 5.41) is 2.13. The van der Waals surface area contributed by atoms with Crippen LogP contribution in [-0.2, 0) is 0 Å². The van der Waals surface area contributed by atoms with Crippen LogP contribution < -0.4 is 0 Å². The van der Waals surface area contributed by atoms with E-state index in [2.05, 4.69) is 104 Å². The number of hydrogen-bond acceptors (Lipinski definition) is 4. The molecule has 0 radical (unpaired) electrons. The van der Waals surface area contributed by atoms with E-state index in [1.807, 2.05) is 18.3 Å². The van der Waals surface area contributed by atoms with Crippen molar-refractivity contribution in [1.29, 1.82) is 0 Å². The molecule has 3 aromatic carbocycles. The molecule has 3 heterocycles. The molecule has 0 aliphatic rings. The molecule has 3 aromatic heterocycles. The molecule has 0 amide bonds. The Morgan fingerprint density at radius 2 is 1.18 bits per heavy atom. The van der Waals surface area contributed by atoms with E-state index in [1.54, 1.807) is 12.4 Å². The molecule has 5 heteroatoms. The van der Waals surface area contributed by atoms with Crippen LogP contribution in [0.25, 0.3) is 55.6 Å². The maximum atomic E-state index is 4.97. The summed E-state index contributed by atoms with van der Waals surface area (Å²) in [4.78, 5) is 18.2. The van der Waals surface area contributed by atoms with Crippen molar-refractivity contribution in [2.24, 2.45) is 0 Å². The van der Waals surface area contributed by atoms with E-state index >= 15 is 0 Å². The van der Waals surface area contributed by atoms with Crippen molar-refractivity contribution in [3.05, 3.63) is 108 Å². The Labute approximate surface area is 199 Å². The van der Waals surface area contributed by atoms with Gasteiger partial charge in [0.1, 0.15) is 0 Å². The van der Waals surface area contributed by atoms with Gasteiger partial charge in [-0.3, -0.25) is 4.98 Å². The summed E-state index contributed by atoms with van der Waals surface area (Å²) in [5.41, 5.74) is 7.12. The summed E-state index contributed by atoms with van der Waals surface area (Å²) in [7, 11) is 0. The molecule has 0 N–H and O–H groups in total. The molecular weight excluding hydrogens is 472 g/mol. The van der Waals surface area contributed by atoms with Crippen LogP contribution in [0.2, 0.25) is 0 Å². The zero-order valence-corrected chi connectivity index (χ0v) is 19.1. The summed E-state index contributed by atoms with van der Waals surface area (Å²) in [6.45, 7) is 0. The quantitative estimate of drug-likeness (QED) is 0.244. The number of pyridine rings is 2. The van der Waals surface area contributed by atoms with E-state index in [4.69, 9.17) is 4.98 Å². The van der Waals surface area contributed by atoms with Crippen molar-refractivity contribution < 1.29 is 0 Å². The number of nitrogens with zero attached hydrogens (tertiary/aromatic N) is 4. The molecule has 33 heavy (non-hydrogen) atoms. The summed E-state index contributed by atoms with van der Waals surface area (Å²) < 4.78 is 1.03. The fraction of sp³-hybridized carbons (Fsp3) is 0. The molecule has 156 valence electrons. The van der Waals surface area contributed by atoms with Gasteiger partial charge in [0.05, 0.1) is 16.7 Å². The van der Waals surface area contributed by atoms with E-state index < -0.39 is 0 Å². The van der Waals surface area contributed by atoms with Crippen molar-refractivity contribution in [3.63, 3.8) is 0 Å². The second kappa shape index (κ2) is 8.19. The molecule has 4 nitrogen and oxygen atoms in total. The molecule has 0 saturated heterocycles. The Bertz CT molecular complexity index is 1600. The summed E-state index contributed by atoms with van der Waals surface area (Å²) in [5.74, 6) is 0.732. The SMILES string of the molecule is Brc1cc2ccc(-c3ccc(-c4ccc(-c5ncccn5)cc4)cc3)nc2c2ncccc12. The highest BCUT2D eigenvalue weighted by Crippen LogP contribution is 2.32. The van der Waals surface area contributed by atoms with Gasteiger partial charge in [-0.15, -0.1) is 0 Å². The van der Waals surface area contributed by atoms with E-state index in [1.165, 1.54) is 0 Å². The fourth-order valence-corrected chi connectivity index (χ4v) is 4.60. The Hall–Kier alpha value is -3.96. The van der Waals surface area contributed by atoms with Crippen LogP contribution in [0.1, 0.15) is 0 Å². The first-order chi connectivity index (χ1) is 16.3. The van der Waals surface area contributed by atoms with Crippen LogP contribution in [0, 0.1) is 0 Å². The lowest BCUT2D eigenvalue weighted by Gasteiger charge is -2.09. The van der Waals surface area contributed by atoms with Gasteiger partial charge in [-0.2, -0.15) is 0 Å². The molecular formula is C28H17BrN4. The van der Waals surface area contributed by atoms with Crippen molar-refractivity contribution in [1.82, 2.24) is 19.9 Å². The second-order valence-electron chi connectivity index (χ2n) is 7.75. The maximum Gasteiger partial charge on any atom is 0.159 e. The number of hydrogen-bond donors (Lipinski definition) is 0. The largest absolute Gasteiger partial charge is 0.254 e. The minimum absolute atomic E-state index is 0.732. The first kappa shape index (κ1) is 19.7. The van der Waals surface area contributed by atoms with Gasteiger partial charge in [-0.25, -0.2) is 15.0 Å². The molecule has 0 unspecified atom stereocenters. The van der Waals surface area contributed by atoms with Crippen LogP contribution in [0.15, 0.2) is 108 Å². The molecule has 6 aromatic rings. The lowest BCUT2D eigenvalue weighted by Crippen LogP contribution is -1.90. The van der Waals surface area contributed by atoms with Gasteiger partial charge in [-0.1, -0.05) is 76.6 Å². The smallest absolute Gasteiger partial charge is 0.159 e. The molecule has 0 atom stereocenters. The van der Waals surface area contributed by atoms with E-state index in [0.717, 1.165) is 60.1 Å². The normalized spacial score (nSPS) is 11.2. The van der Waals surface area contributed by atoms with Gasteiger partial charge in [0, 0.05) is 45.0 Å². The average Bonchev–Trinajstić information content (AvgIpc) is 2.89. The third-order valence-corrected chi connectivity index (χ3v) is 6.38. The standard InChI is InChI=1S/C28H17BrN4/c29-24-17-22-12-13-25(33-26(22)27-23(24)3-1-14-30-27)20-8-4-18(5-9-20)19-6-10-21(11-7-19)28-31-15-2-16-32-28/h1-17H. The van der Waals surface area contributed by atoms with Crippen LogP contribution in [0.4, 0.5) is 0 Å². The van der Waals surface area contributed by atoms with Gasteiger partial charge in [0.15, 0.2) is 5.82 Å². The minimum Gasteiger partial charge on any atom is -0.254 e. The number of halogens is 1. The van der Waals surface area contributed by atoms with E-state index in [0.29, 0.717) is 0 Å². The number of fused-ring (bicyclic) bond motifs is 3. The predicted molar refractivity (Wildman–Crippen MR) is 137 cm³/mol. The highest BCUT2D eigenvalue weighted by Gasteiger charge is 2.09. The molecule has 0 saturated carbocycles. The van der Waals surface area contributed by atoms with Gasteiger partial charge in [0.25, 0.3) is 0 Å². The van der Waals surface area contributed by atoms with Gasteiger partial charge >= 0.3 is 0 Å². The molecule has 0 fully saturated rings. The maximum absolute atomic E-state index is 4.97. The Morgan fingerprint density at radius 1 is 0.545 bits per heavy atom. The first-order valence-corrected chi connectivity index (χ1v) is 11.4. The molecule has 6 rings (SSSR count). The molecule has 0 bridgehead atoms. The molecule has 0 spiro atoms. The number of aromatic nitrogens is 4. The molecule has 0 aliphatic heterocycles. The summed E-state index contributed by atoms with van der Waals surface area (Å²) >= 11 is 3.65. The van der Waals surface area contributed by atoms with E-state index in [-0.39, 0.29) is 0 Å². The van der Waals surface area contributed by atoms with Crippen LogP contribution in [0.3, 0.4) is 0 Å². The van der Waals surface area contributed by atoms with Crippen molar-refractivity contribution in [3.8, 4) is 33.8 Å². The van der Waals surface area contributed by atoms with Gasteiger partial charge < -0.3 is 0 Å². The number of rotatable bonds is 3. The highest BCUT2D eigenvalue weighted by molar-refractivity contribution is 9.10. The van der Waals surface area contributed by atoms with Gasteiger partial charge in [0.2, 0.25) is 0 Å². The van der Waals surface area contributed by atoms with Crippen LogP contribution >= 0.6 is 15.9 Å². The lowest BCUT2D eigenvalue weighted by molar-refractivity contribution is 1.18. The zero-order valence-electron chi connectivity index (χ0n) is 17.5. The van der Waals surface area contributed by atoms with Crippen LogP contribution in [0.5, 0.6) is 0 Å². The first-order valence-electron chi connectivity index (χ1n) is 10.6. The number of benzene rings is 3. The van der Waals surface area contributed by atoms with E-state index in [9.17, 15) is 0 Å². The Balaban J connectivity index is 1.34. The third kappa shape index (κ3) is 3.66. The van der Waals surface area contributed by atoms with Crippen molar-refractivity contribution in [2.75, 3.05) is 0 Å².